The van der Waals surface area contributed by atoms with Gasteiger partial charge in [-0.2, -0.15) is 0 Å². The normalized spacial score (nSPS) is 22.5. The molecule has 0 N–H and O–H groups in total. The van der Waals surface area contributed by atoms with Gasteiger partial charge in [0.15, 0.2) is 0 Å². The number of allylic oxidation sites excluding steroid dienone is 1. The minimum Gasteiger partial charge on any atom is -0.469 e. The van der Waals surface area contributed by atoms with Crippen molar-refractivity contribution < 1.29 is 9.53 Å². The minimum atomic E-state index is -0.0691. The van der Waals surface area contributed by atoms with Crippen molar-refractivity contribution in [1.29, 1.82) is 0 Å². The third kappa shape index (κ3) is 5.44. The second-order valence-electron chi connectivity index (χ2n) is 7.88. The van der Waals surface area contributed by atoms with Crippen LogP contribution in [-0.4, -0.2) is 37.6 Å². The van der Waals surface area contributed by atoms with Crippen molar-refractivity contribution in [2.45, 2.75) is 51.4 Å². The van der Waals surface area contributed by atoms with E-state index in [1.54, 1.807) is 5.57 Å². The second kappa shape index (κ2) is 9.91. The van der Waals surface area contributed by atoms with E-state index in [2.05, 4.69) is 41.3 Å². The van der Waals surface area contributed by atoms with Crippen LogP contribution in [0.15, 0.2) is 36.4 Å². The number of benzene rings is 1. The Kier molecular flexibility index (Phi) is 7.31. The number of carbonyl (C=O) groups is 1. The first-order valence-corrected chi connectivity index (χ1v) is 10.3. The predicted octanol–water partition coefficient (Wildman–Crippen LogP) is 4.93. The fourth-order valence-electron chi connectivity index (χ4n) is 4.57. The van der Waals surface area contributed by atoms with Crippen molar-refractivity contribution in [2.75, 3.05) is 26.7 Å². The quantitative estimate of drug-likeness (QED) is 0.650. The number of esters is 1. The smallest absolute Gasteiger partial charge is 0.305 e. The highest BCUT2D eigenvalue weighted by Crippen LogP contribution is 2.35. The van der Waals surface area contributed by atoms with Crippen molar-refractivity contribution in [3.63, 3.8) is 0 Å². The highest BCUT2D eigenvalue weighted by Gasteiger charge is 2.24. The number of hydrogen-bond donors (Lipinski definition) is 0. The highest BCUT2D eigenvalue weighted by molar-refractivity contribution is 5.69. The van der Waals surface area contributed by atoms with Gasteiger partial charge in [0, 0.05) is 19.5 Å². The van der Waals surface area contributed by atoms with E-state index in [0.717, 1.165) is 38.4 Å². The second-order valence-corrected chi connectivity index (χ2v) is 7.88. The van der Waals surface area contributed by atoms with Crippen LogP contribution >= 0.6 is 0 Å². The van der Waals surface area contributed by atoms with Gasteiger partial charge in [-0.05, 0) is 55.2 Å². The number of nitrogens with zero attached hydrogens (tertiary/aromatic N) is 1. The first kappa shape index (κ1) is 19.2. The zero-order valence-electron chi connectivity index (χ0n) is 16.2. The standard InChI is InChI=1S/C23H33NO2/c1-26-23(25)17-19-14-16-24(18-19)15-8-13-22(20-9-4-2-5-10-20)21-11-6-3-7-12-21/h2,4-5,9-10,13,19,21H,3,6-8,11-12,14-18H2,1H3. The van der Waals surface area contributed by atoms with E-state index in [-0.39, 0.29) is 5.97 Å². The molecule has 3 rings (SSSR count). The molecule has 3 nitrogen and oxygen atoms in total. The van der Waals surface area contributed by atoms with Crippen molar-refractivity contribution in [3.05, 3.63) is 42.0 Å². The fraction of sp³-hybridized carbons (Fsp3) is 0.609. The molecule has 1 aromatic carbocycles. The predicted molar refractivity (Wildman–Crippen MR) is 107 cm³/mol. The maximum absolute atomic E-state index is 11.5. The summed E-state index contributed by atoms with van der Waals surface area (Å²) >= 11 is 0. The van der Waals surface area contributed by atoms with Crippen molar-refractivity contribution in [3.8, 4) is 0 Å². The zero-order chi connectivity index (χ0) is 18.2. The van der Waals surface area contributed by atoms with E-state index in [9.17, 15) is 4.79 Å². The lowest BCUT2D eigenvalue weighted by Gasteiger charge is -2.25. The zero-order valence-corrected chi connectivity index (χ0v) is 16.2. The molecule has 0 bridgehead atoms. The average Bonchev–Trinajstić information content (AvgIpc) is 3.13. The molecule has 1 unspecified atom stereocenters. The van der Waals surface area contributed by atoms with Gasteiger partial charge in [-0.25, -0.2) is 0 Å². The van der Waals surface area contributed by atoms with E-state index in [0.29, 0.717) is 12.3 Å². The molecule has 1 aliphatic carbocycles. The van der Waals surface area contributed by atoms with Crippen LogP contribution in [0.5, 0.6) is 0 Å². The Morgan fingerprint density at radius 1 is 1.15 bits per heavy atom. The highest BCUT2D eigenvalue weighted by atomic mass is 16.5. The monoisotopic (exact) mass is 355 g/mol. The van der Waals surface area contributed by atoms with Crippen LogP contribution in [0.3, 0.4) is 0 Å². The van der Waals surface area contributed by atoms with Crippen LogP contribution in [0.4, 0.5) is 0 Å². The fourth-order valence-corrected chi connectivity index (χ4v) is 4.57. The number of ether oxygens (including phenoxy) is 1. The molecule has 142 valence electrons. The van der Waals surface area contributed by atoms with Crippen molar-refractivity contribution >= 4 is 11.5 Å². The van der Waals surface area contributed by atoms with Crippen molar-refractivity contribution in [1.82, 2.24) is 4.90 Å². The molecule has 1 saturated carbocycles. The molecule has 3 heteroatoms. The Balaban J connectivity index is 1.56. The van der Waals surface area contributed by atoms with Crippen LogP contribution in [0, 0.1) is 11.8 Å². The van der Waals surface area contributed by atoms with Gasteiger partial charge in [-0.1, -0.05) is 55.7 Å². The lowest BCUT2D eigenvalue weighted by molar-refractivity contribution is -0.141. The van der Waals surface area contributed by atoms with Gasteiger partial charge in [-0.3, -0.25) is 4.79 Å². The molecule has 26 heavy (non-hydrogen) atoms. The number of hydrogen-bond acceptors (Lipinski definition) is 3. The molecule has 0 spiro atoms. The van der Waals surface area contributed by atoms with Gasteiger partial charge in [-0.15, -0.1) is 0 Å². The van der Waals surface area contributed by atoms with Gasteiger partial charge in [0.2, 0.25) is 0 Å². The van der Waals surface area contributed by atoms with E-state index in [1.807, 2.05) is 0 Å². The number of likely N-dealkylation sites (tertiary alicyclic amines) is 1. The molecule has 1 aromatic rings. The third-order valence-corrected chi connectivity index (χ3v) is 6.01. The summed E-state index contributed by atoms with van der Waals surface area (Å²) < 4.78 is 4.81. The Bertz CT molecular complexity index is 589. The Morgan fingerprint density at radius 3 is 2.65 bits per heavy atom. The summed E-state index contributed by atoms with van der Waals surface area (Å²) in [6.07, 6.45) is 12.1. The number of rotatable bonds is 7. The first-order chi connectivity index (χ1) is 12.8. The molecule has 0 aromatic heterocycles. The van der Waals surface area contributed by atoms with E-state index in [1.165, 1.54) is 44.8 Å². The van der Waals surface area contributed by atoms with Crippen LogP contribution in [0.25, 0.3) is 5.57 Å². The maximum atomic E-state index is 11.5. The summed E-state index contributed by atoms with van der Waals surface area (Å²) in [4.78, 5) is 14.0. The van der Waals surface area contributed by atoms with E-state index < -0.39 is 0 Å². The Morgan fingerprint density at radius 2 is 1.92 bits per heavy atom. The van der Waals surface area contributed by atoms with Gasteiger partial charge >= 0.3 is 5.97 Å². The van der Waals surface area contributed by atoms with Crippen molar-refractivity contribution in [2.24, 2.45) is 11.8 Å². The van der Waals surface area contributed by atoms with Gasteiger partial charge in [0.25, 0.3) is 0 Å². The van der Waals surface area contributed by atoms with Crippen LogP contribution in [-0.2, 0) is 9.53 Å². The lowest BCUT2D eigenvalue weighted by atomic mass is 9.80. The summed E-state index contributed by atoms with van der Waals surface area (Å²) in [5.41, 5.74) is 2.97. The van der Waals surface area contributed by atoms with E-state index >= 15 is 0 Å². The molecule has 1 aliphatic heterocycles. The van der Waals surface area contributed by atoms with Crippen LogP contribution < -0.4 is 0 Å². The summed E-state index contributed by atoms with van der Waals surface area (Å²) in [5.74, 6) is 1.13. The Hall–Kier alpha value is -1.61. The first-order valence-electron chi connectivity index (χ1n) is 10.3. The number of methoxy groups -OCH3 is 1. The van der Waals surface area contributed by atoms with E-state index in [4.69, 9.17) is 4.74 Å². The molecule has 1 saturated heterocycles. The summed E-state index contributed by atoms with van der Waals surface area (Å²) in [6.45, 7) is 3.24. The van der Waals surface area contributed by atoms with Crippen LogP contribution in [0.2, 0.25) is 0 Å². The molecule has 0 amide bonds. The molecule has 0 radical (unpaired) electrons. The Labute approximate surface area is 158 Å². The summed E-state index contributed by atoms with van der Waals surface area (Å²) in [7, 11) is 1.48. The molecule has 1 atom stereocenters. The SMILES string of the molecule is COC(=O)CC1CCN(CCC=C(c2ccccc2)C2CCCCC2)C1. The topological polar surface area (TPSA) is 29.5 Å². The largest absolute Gasteiger partial charge is 0.469 e. The third-order valence-electron chi connectivity index (χ3n) is 6.01. The summed E-state index contributed by atoms with van der Waals surface area (Å²) in [5, 5.41) is 0. The van der Waals surface area contributed by atoms with Gasteiger partial charge in [0.1, 0.15) is 0 Å². The molecular formula is C23H33NO2. The molecule has 2 aliphatic rings. The van der Waals surface area contributed by atoms with Crippen LogP contribution in [0.1, 0.15) is 56.9 Å². The molecule has 2 fully saturated rings. The maximum Gasteiger partial charge on any atom is 0.305 e. The number of carbonyl (C=O) groups excluding carboxylic acids is 1. The van der Waals surface area contributed by atoms with Gasteiger partial charge < -0.3 is 9.64 Å². The lowest BCUT2D eigenvalue weighted by Crippen LogP contribution is -2.22. The van der Waals surface area contributed by atoms with Gasteiger partial charge in [0.05, 0.1) is 7.11 Å². The summed E-state index contributed by atoms with van der Waals surface area (Å²) in [6, 6.07) is 11.0. The average molecular weight is 356 g/mol. The molecule has 1 heterocycles. The minimum absolute atomic E-state index is 0.0691. The molecular weight excluding hydrogens is 322 g/mol.